The monoisotopic (exact) mass is 246 g/mol. The first-order valence-corrected chi connectivity index (χ1v) is 6.24. The van der Waals surface area contributed by atoms with Gasteiger partial charge >= 0.3 is 0 Å². The molecule has 18 heavy (non-hydrogen) atoms. The van der Waals surface area contributed by atoms with Crippen LogP contribution in [0.25, 0.3) is 0 Å². The molecule has 0 spiro atoms. The van der Waals surface area contributed by atoms with Crippen molar-refractivity contribution in [3.63, 3.8) is 0 Å². The summed E-state index contributed by atoms with van der Waals surface area (Å²) in [6, 6.07) is 7.68. The molecule has 0 radical (unpaired) electrons. The van der Waals surface area contributed by atoms with Crippen LogP contribution < -0.4 is 4.74 Å². The molecule has 1 aliphatic heterocycles. The van der Waals surface area contributed by atoms with Crippen LogP contribution in [0.5, 0.6) is 5.75 Å². The highest BCUT2D eigenvalue weighted by molar-refractivity contribution is 5.39. The van der Waals surface area contributed by atoms with Gasteiger partial charge in [-0.2, -0.15) is 0 Å². The Kier molecular flexibility index (Phi) is 5.07. The van der Waals surface area contributed by atoms with Crippen molar-refractivity contribution < 1.29 is 14.2 Å². The molecule has 1 atom stereocenters. The molecule has 0 aromatic heterocycles. The molecule has 1 aromatic carbocycles. The van der Waals surface area contributed by atoms with Gasteiger partial charge in [-0.15, -0.1) is 0 Å². The standard InChI is InChI=1S/C15H18O3/c1-16-14-8-4-6-13(12-14)7-5-11-18-15-9-2-3-10-17-15/h4,6,8,12,15H,2-3,9-11H2,1H3. The van der Waals surface area contributed by atoms with Crippen LogP contribution in [0.3, 0.4) is 0 Å². The van der Waals surface area contributed by atoms with Crippen LogP contribution in [0.4, 0.5) is 0 Å². The molecular weight excluding hydrogens is 228 g/mol. The number of hydrogen-bond acceptors (Lipinski definition) is 3. The smallest absolute Gasteiger partial charge is 0.158 e. The van der Waals surface area contributed by atoms with E-state index >= 15 is 0 Å². The first-order valence-electron chi connectivity index (χ1n) is 6.24. The molecule has 1 aromatic rings. The van der Waals surface area contributed by atoms with E-state index in [-0.39, 0.29) is 6.29 Å². The highest BCUT2D eigenvalue weighted by Crippen LogP contribution is 2.13. The van der Waals surface area contributed by atoms with E-state index in [2.05, 4.69) is 11.8 Å². The molecule has 1 fully saturated rings. The van der Waals surface area contributed by atoms with Crippen molar-refractivity contribution in [3.05, 3.63) is 29.8 Å². The first kappa shape index (κ1) is 12.9. The second kappa shape index (κ2) is 7.05. The molecule has 96 valence electrons. The fraction of sp³-hybridized carbons (Fsp3) is 0.467. The third-order valence-corrected chi connectivity index (χ3v) is 2.78. The van der Waals surface area contributed by atoms with Crippen LogP contribution in [0.15, 0.2) is 24.3 Å². The molecule has 0 N–H and O–H groups in total. The van der Waals surface area contributed by atoms with Crippen LogP contribution in [0.2, 0.25) is 0 Å². The summed E-state index contributed by atoms with van der Waals surface area (Å²) >= 11 is 0. The van der Waals surface area contributed by atoms with Gasteiger partial charge in [0.1, 0.15) is 12.4 Å². The Morgan fingerprint density at radius 1 is 1.39 bits per heavy atom. The molecule has 1 saturated heterocycles. The van der Waals surface area contributed by atoms with E-state index in [9.17, 15) is 0 Å². The molecule has 0 bridgehead atoms. The normalized spacial score (nSPS) is 18.8. The van der Waals surface area contributed by atoms with Gasteiger partial charge in [-0.05, 0) is 37.5 Å². The second-order valence-corrected chi connectivity index (χ2v) is 4.14. The van der Waals surface area contributed by atoms with Gasteiger partial charge in [-0.3, -0.25) is 0 Å². The fourth-order valence-electron chi connectivity index (χ4n) is 1.82. The van der Waals surface area contributed by atoms with E-state index in [0.29, 0.717) is 6.61 Å². The Bertz CT molecular complexity index is 425. The quantitative estimate of drug-likeness (QED) is 0.767. The number of hydrogen-bond donors (Lipinski definition) is 0. The second-order valence-electron chi connectivity index (χ2n) is 4.14. The molecule has 1 heterocycles. The molecule has 3 nitrogen and oxygen atoms in total. The third-order valence-electron chi connectivity index (χ3n) is 2.78. The lowest BCUT2D eigenvalue weighted by molar-refractivity contribution is -0.154. The lowest BCUT2D eigenvalue weighted by Gasteiger charge is -2.21. The summed E-state index contributed by atoms with van der Waals surface area (Å²) in [5.74, 6) is 6.86. The van der Waals surface area contributed by atoms with Gasteiger partial charge in [0.15, 0.2) is 6.29 Å². The van der Waals surface area contributed by atoms with Gasteiger partial charge in [-0.25, -0.2) is 0 Å². The van der Waals surface area contributed by atoms with Crippen molar-refractivity contribution in [3.8, 4) is 17.6 Å². The van der Waals surface area contributed by atoms with Crippen LogP contribution in [0, 0.1) is 11.8 Å². The maximum atomic E-state index is 5.53. The van der Waals surface area contributed by atoms with Gasteiger partial charge in [0.2, 0.25) is 0 Å². The Morgan fingerprint density at radius 2 is 2.33 bits per heavy atom. The SMILES string of the molecule is COc1cccc(C#CCOC2CCCCO2)c1. The Balaban J connectivity index is 1.80. The maximum absolute atomic E-state index is 5.53. The summed E-state index contributed by atoms with van der Waals surface area (Å²) in [6.45, 7) is 1.20. The zero-order chi connectivity index (χ0) is 12.6. The highest BCUT2D eigenvalue weighted by Gasteiger charge is 2.12. The third kappa shape index (κ3) is 4.06. The average molecular weight is 246 g/mol. The molecule has 0 aliphatic carbocycles. The van der Waals surface area contributed by atoms with Crippen molar-refractivity contribution in [2.24, 2.45) is 0 Å². The number of ether oxygens (including phenoxy) is 3. The average Bonchev–Trinajstić information content (AvgIpc) is 2.45. The van der Waals surface area contributed by atoms with Crippen molar-refractivity contribution in [1.82, 2.24) is 0 Å². The largest absolute Gasteiger partial charge is 0.497 e. The van der Waals surface area contributed by atoms with Crippen LogP contribution in [-0.4, -0.2) is 26.6 Å². The molecule has 0 amide bonds. The lowest BCUT2D eigenvalue weighted by atomic mass is 10.2. The van der Waals surface area contributed by atoms with Gasteiger partial charge in [0.25, 0.3) is 0 Å². The number of benzene rings is 1. The van der Waals surface area contributed by atoms with Crippen molar-refractivity contribution in [1.29, 1.82) is 0 Å². The maximum Gasteiger partial charge on any atom is 0.158 e. The van der Waals surface area contributed by atoms with Gasteiger partial charge < -0.3 is 14.2 Å². The van der Waals surface area contributed by atoms with Gasteiger partial charge in [0.05, 0.1) is 7.11 Å². The van der Waals surface area contributed by atoms with E-state index in [0.717, 1.165) is 30.8 Å². The summed E-state index contributed by atoms with van der Waals surface area (Å²) in [7, 11) is 1.65. The minimum atomic E-state index is -0.0710. The molecular formula is C15H18O3. The predicted molar refractivity (Wildman–Crippen MR) is 69.4 cm³/mol. The summed E-state index contributed by atoms with van der Waals surface area (Å²) < 4.78 is 16.1. The molecule has 2 rings (SSSR count). The van der Waals surface area contributed by atoms with E-state index in [1.54, 1.807) is 7.11 Å². The molecule has 1 unspecified atom stereocenters. The molecule has 1 aliphatic rings. The van der Waals surface area contributed by atoms with Crippen molar-refractivity contribution in [2.45, 2.75) is 25.6 Å². The van der Waals surface area contributed by atoms with E-state index < -0.39 is 0 Å². The topological polar surface area (TPSA) is 27.7 Å². The fourth-order valence-corrected chi connectivity index (χ4v) is 1.82. The van der Waals surface area contributed by atoms with Crippen LogP contribution >= 0.6 is 0 Å². The van der Waals surface area contributed by atoms with Crippen LogP contribution in [0.1, 0.15) is 24.8 Å². The van der Waals surface area contributed by atoms with Gasteiger partial charge in [-0.1, -0.05) is 17.9 Å². The zero-order valence-electron chi connectivity index (χ0n) is 10.6. The molecule has 0 saturated carbocycles. The molecule has 3 heteroatoms. The van der Waals surface area contributed by atoms with Crippen LogP contribution in [-0.2, 0) is 9.47 Å². The lowest BCUT2D eigenvalue weighted by Crippen LogP contribution is -2.22. The zero-order valence-corrected chi connectivity index (χ0v) is 10.6. The Morgan fingerprint density at radius 3 is 3.11 bits per heavy atom. The minimum Gasteiger partial charge on any atom is -0.497 e. The minimum absolute atomic E-state index is 0.0710. The highest BCUT2D eigenvalue weighted by atomic mass is 16.7. The predicted octanol–water partition coefficient (Wildman–Crippen LogP) is 2.59. The Labute approximate surface area is 108 Å². The van der Waals surface area contributed by atoms with E-state index in [1.807, 2.05) is 24.3 Å². The van der Waals surface area contributed by atoms with E-state index in [1.165, 1.54) is 6.42 Å². The number of rotatable bonds is 3. The van der Waals surface area contributed by atoms with E-state index in [4.69, 9.17) is 14.2 Å². The summed E-state index contributed by atoms with van der Waals surface area (Å²) in [5, 5.41) is 0. The summed E-state index contributed by atoms with van der Waals surface area (Å²) in [4.78, 5) is 0. The van der Waals surface area contributed by atoms with Crippen molar-refractivity contribution >= 4 is 0 Å². The summed E-state index contributed by atoms with van der Waals surface area (Å²) in [5.41, 5.74) is 0.933. The Hall–Kier alpha value is -1.50. The first-order chi connectivity index (χ1) is 8.88. The van der Waals surface area contributed by atoms with Gasteiger partial charge in [0, 0.05) is 12.2 Å². The number of methoxy groups -OCH3 is 1. The van der Waals surface area contributed by atoms with Crippen molar-refractivity contribution in [2.75, 3.05) is 20.3 Å². The summed E-state index contributed by atoms with van der Waals surface area (Å²) in [6.07, 6.45) is 3.21.